The van der Waals surface area contributed by atoms with Gasteiger partial charge < -0.3 is 10.2 Å². The molecule has 1 aliphatic rings. The van der Waals surface area contributed by atoms with Gasteiger partial charge in [0.25, 0.3) is 5.95 Å². The zero-order valence-corrected chi connectivity index (χ0v) is 20.6. The third-order valence-corrected chi connectivity index (χ3v) is 6.28. The third-order valence-electron chi connectivity index (χ3n) is 6.05. The predicted molar refractivity (Wildman–Crippen MR) is 129 cm³/mol. The van der Waals surface area contributed by atoms with Crippen LogP contribution in [-0.2, 0) is 16.0 Å². The Balaban J connectivity index is 1.44. The van der Waals surface area contributed by atoms with E-state index in [0.29, 0.717) is 29.9 Å². The fourth-order valence-corrected chi connectivity index (χ4v) is 4.40. The monoisotopic (exact) mass is 481 g/mol. The minimum Gasteiger partial charge on any atom is -0.342 e. The van der Waals surface area contributed by atoms with Crippen molar-refractivity contribution in [3.05, 3.63) is 57.8 Å². The fourth-order valence-electron chi connectivity index (χ4n) is 4.29. The van der Waals surface area contributed by atoms with Crippen LogP contribution in [0.3, 0.4) is 0 Å². The molecule has 3 aromatic rings. The number of pyridine rings is 1. The first-order valence-corrected chi connectivity index (χ1v) is 11.7. The van der Waals surface area contributed by atoms with Crippen LogP contribution < -0.4 is 5.32 Å². The van der Waals surface area contributed by atoms with E-state index in [2.05, 4.69) is 25.4 Å². The van der Waals surface area contributed by atoms with Crippen molar-refractivity contribution in [1.29, 1.82) is 0 Å². The molecule has 4 heterocycles. The van der Waals surface area contributed by atoms with Crippen LogP contribution in [0.1, 0.15) is 41.2 Å². The molecule has 1 aliphatic heterocycles. The van der Waals surface area contributed by atoms with E-state index in [1.165, 1.54) is 6.20 Å². The van der Waals surface area contributed by atoms with Crippen LogP contribution in [0.25, 0.3) is 5.95 Å². The Kier molecular flexibility index (Phi) is 6.92. The van der Waals surface area contributed by atoms with E-state index in [0.717, 1.165) is 41.2 Å². The van der Waals surface area contributed by atoms with E-state index < -0.39 is 0 Å². The summed E-state index contributed by atoms with van der Waals surface area (Å²) in [6.07, 6.45) is 3.20. The molecule has 34 heavy (non-hydrogen) atoms. The summed E-state index contributed by atoms with van der Waals surface area (Å²) >= 11 is 5.86. The van der Waals surface area contributed by atoms with Gasteiger partial charge in [0.1, 0.15) is 5.82 Å². The van der Waals surface area contributed by atoms with Gasteiger partial charge in [0.2, 0.25) is 11.8 Å². The number of rotatable bonds is 5. The molecule has 1 atom stereocenters. The Bertz CT molecular complexity index is 1200. The Morgan fingerprint density at radius 1 is 1.15 bits per heavy atom. The molecule has 1 N–H and O–H groups in total. The lowest BCUT2D eigenvalue weighted by Crippen LogP contribution is -2.44. The van der Waals surface area contributed by atoms with E-state index >= 15 is 0 Å². The van der Waals surface area contributed by atoms with Crippen LogP contribution in [0.5, 0.6) is 0 Å². The van der Waals surface area contributed by atoms with Gasteiger partial charge in [-0.2, -0.15) is 5.10 Å². The van der Waals surface area contributed by atoms with Gasteiger partial charge in [-0.05, 0) is 58.7 Å². The Morgan fingerprint density at radius 3 is 2.56 bits per heavy atom. The largest absolute Gasteiger partial charge is 0.342 e. The highest BCUT2D eigenvalue weighted by Gasteiger charge is 2.29. The summed E-state index contributed by atoms with van der Waals surface area (Å²) in [5.41, 5.74) is 4.20. The summed E-state index contributed by atoms with van der Waals surface area (Å²) in [6, 6.07) is 5.25. The number of nitrogens with one attached hydrogen (secondary N) is 1. The molecule has 1 fully saturated rings. The number of piperidine rings is 1. The molecule has 0 aliphatic carbocycles. The van der Waals surface area contributed by atoms with E-state index in [4.69, 9.17) is 11.6 Å². The molecule has 10 heteroatoms. The van der Waals surface area contributed by atoms with Crippen LogP contribution in [0.2, 0.25) is 5.02 Å². The normalized spacial score (nSPS) is 15.9. The van der Waals surface area contributed by atoms with Crippen molar-refractivity contribution in [3.63, 3.8) is 0 Å². The van der Waals surface area contributed by atoms with Crippen molar-refractivity contribution < 1.29 is 9.59 Å². The number of hydrogen-bond donors (Lipinski definition) is 1. The number of amides is 2. The third kappa shape index (κ3) is 5.25. The second-order valence-electron chi connectivity index (χ2n) is 8.72. The minimum absolute atomic E-state index is 0.0193. The second-order valence-corrected chi connectivity index (χ2v) is 9.15. The lowest BCUT2D eigenvalue weighted by molar-refractivity contribution is -0.134. The topological polar surface area (TPSA) is 106 Å². The van der Waals surface area contributed by atoms with Crippen LogP contribution in [0.4, 0.5) is 5.82 Å². The summed E-state index contributed by atoms with van der Waals surface area (Å²) in [4.78, 5) is 40.8. The number of carbonyl (C=O) groups excluding carboxylic acids is 2. The summed E-state index contributed by atoms with van der Waals surface area (Å²) in [5.74, 6) is 0.505. The molecular weight excluding hydrogens is 454 g/mol. The van der Waals surface area contributed by atoms with Gasteiger partial charge in [-0.1, -0.05) is 11.6 Å². The lowest BCUT2D eigenvalue weighted by atomic mass is 9.96. The number of hydrogen-bond acceptors (Lipinski definition) is 6. The van der Waals surface area contributed by atoms with Gasteiger partial charge in [0, 0.05) is 41.9 Å². The maximum atomic E-state index is 13.2. The first-order valence-electron chi connectivity index (χ1n) is 11.3. The molecule has 2 amide bonds. The minimum atomic E-state index is -0.288. The van der Waals surface area contributed by atoms with Gasteiger partial charge in [-0.15, -0.1) is 0 Å². The molecule has 4 rings (SSSR count). The van der Waals surface area contributed by atoms with Crippen molar-refractivity contribution in [2.75, 3.05) is 18.4 Å². The summed E-state index contributed by atoms with van der Waals surface area (Å²) in [6.45, 7) is 8.66. The average Bonchev–Trinajstić information content (AvgIpc) is 3.08. The van der Waals surface area contributed by atoms with Crippen molar-refractivity contribution in [1.82, 2.24) is 29.6 Å². The number of halogens is 1. The zero-order valence-electron chi connectivity index (χ0n) is 19.8. The lowest BCUT2D eigenvalue weighted by Gasteiger charge is -2.32. The molecule has 0 radical (unpaired) electrons. The molecule has 0 saturated carbocycles. The Hall–Kier alpha value is -3.33. The van der Waals surface area contributed by atoms with E-state index in [9.17, 15) is 9.59 Å². The molecule has 0 spiro atoms. The maximum absolute atomic E-state index is 13.2. The molecule has 1 unspecified atom stereocenters. The first kappa shape index (κ1) is 23.8. The Morgan fingerprint density at radius 2 is 1.88 bits per heavy atom. The van der Waals surface area contributed by atoms with Gasteiger partial charge >= 0.3 is 0 Å². The fraction of sp³-hybridized carbons (Fsp3) is 0.417. The zero-order chi connectivity index (χ0) is 24.4. The summed E-state index contributed by atoms with van der Waals surface area (Å²) < 4.78 is 1.70. The van der Waals surface area contributed by atoms with E-state index in [1.54, 1.807) is 21.7 Å². The molecule has 9 nitrogen and oxygen atoms in total. The predicted octanol–water partition coefficient (Wildman–Crippen LogP) is 3.36. The quantitative estimate of drug-likeness (QED) is 0.599. The van der Waals surface area contributed by atoms with Crippen LogP contribution >= 0.6 is 11.6 Å². The van der Waals surface area contributed by atoms with Crippen LogP contribution in [-0.4, -0.2) is 54.5 Å². The smallest absolute Gasteiger partial charge is 0.251 e. The van der Waals surface area contributed by atoms with Gasteiger partial charge in [-0.3, -0.25) is 9.59 Å². The van der Waals surface area contributed by atoms with Gasteiger partial charge in [-0.25, -0.2) is 19.6 Å². The SMILES string of the molecule is Cc1cc(C)nc(-n2nc(C)c(CC(=O)N3CCCC(C(=O)Nc4ccc(Cl)cn4)C3)c2C)n1. The van der Waals surface area contributed by atoms with Crippen molar-refractivity contribution in [2.24, 2.45) is 5.92 Å². The highest BCUT2D eigenvalue weighted by atomic mass is 35.5. The average molecular weight is 482 g/mol. The summed E-state index contributed by atoms with van der Waals surface area (Å²) in [5, 5.41) is 7.93. The van der Waals surface area contributed by atoms with E-state index in [-0.39, 0.29) is 24.2 Å². The molecular formula is C24H28ClN7O2. The van der Waals surface area contributed by atoms with E-state index in [1.807, 2.05) is 33.8 Å². The molecule has 1 saturated heterocycles. The Labute approximate surface area is 203 Å². The standard InChI is InChI=1S/C24H28ClN7O2/c1-14-10-15(2)28-24(27-14)32-17(4)20(16(3)30-32)11-22(33)31-9-5-6-18(13-31)23(34)29-21-8-7-19(25)12-26-21/h7-8,10,12,18H,5-6,9,11,13H2,1-4H3,(H,26,29,34). The number of aromatic nitrogens is 5. The van der Waals surface area contributed by atoms with Crippen LogP contribution in [0.15, 0.2) is 24.4 Å². The molecule has 0 aromatic carbocycles. The van der Waals surface area contributed by atoms with Gasteiger partial charge in [0.05, 0.1) is 23.1 Å². The highest BCUT2D eigenvalue weighted by molar-refractivity contribution is 6.30. The molecule has 3 aromatic heterocycles. The number of likely N-dealkylation sites (tertiary alicyclic amines) is 1. The number of nitrogens with zero attached hydrogens (tertiary/aromatic N) is 6. The molecule has 178 valence electrons. The molecule has 0 bridgehead atoms. The maximum Gasteiger partial charge on any atom is 0.251 e. The van der Waals surface area contributed by atoms with Crippen LogP contribution in [0, 0.1) is 33.6 Å². The van der Waals surface area contributed by atoms with Crippen molar-refractivity contribution in [2.45, 2.75) is 47.0 Å². The number of anilines is 1. The van der Waals surface area contributed by atoms with Crippen molar-refractivity contribution in [3.8, 4) is 5.95 Å². The summed E-state index contributed by atoms with van der Waals surface area (Å²) in [7, 11) is 0. The highest BCUT2D eigenvalue weighted by Crippen LogP contribution is 2.22. The van der Waals surface area contributed by atoms with Gasteiger partial charge in [0.15, 0.2) is 0 Å². The first-order chi connectivity index (χ1) is 16.2. The number of carbonyl (C=O) groups is 2. The van der Waals surface area contributed by atoms with Crippen molar-refractivity contribution >= 4 is 29.2 Å². The number of aryl methyl sites for hydroxylation is 3. The second kappa shape index (κ2) is 9.89.